The predicted octanol–water partition coefficient (Wildman–Crippen LogP) is 2.84. The van der Waals surface area contributed by atoms with Crippen molar-refractivity contribution in [2.24, 2.45) is 5.73 Å². The van der Waals surface area contributed by atoms with Crippen molar-refractivity contribution in [2.75, 3.05) is 6.61 Å². The van der Waals surface area contributed by atoms with Crippen molar-refractivity contribution in [1.82, 2.24) is 4.98 Å². The van der Waals surface area contributed by atoms with Crippen LogP contribution in [-0.4, -0.2) is 11.6 Å². The van der Waals surface area contributed by atoms with Crippen molar-refractivity contribution < 1.29 is 4.74 Å². The Morgan fingerprint density at radius 2 is 2.29 bits per heavy atom. The van der Waals surface area contributed by atoms with E-state index in [0.717, 1.165) is 36.9 Å². The molecule has 3 heteroatoms. The Kier molecular flexibility index (Phi) is 6.33. The van der Waals surface area contributed by atoms with Gasteiger partial charge in [0, 0.05) is 18.3 Å². The largest absolute Gasteiger partial charge is 0.478 e. The van der Waals surface area contributed by atoms with E-state index in [9.17, 15) is 0 Å². The van der Waals surface area contributed by atoms with Crippen LogP contribution in [0.2, 0.25) is 0 Å². The van der Waals surface area contributed by atoms with Crippen LogP contribution in [0.25, 0.3) is 0 Å². The van der Waals surface area contributed by atoms with Gasteiger partial charge in [-0.2, -0.15) is 0 Å². The zero-order valence-corrected chi connectivity index (χ0v) is 10.6. The average molecular weight is 234 g/mol. The molecule has 0 bridgehead atoms. The monoisotopic (exact) mass is 234 g/mol. The molecule has 0 fully saturated rings. The molecule has 3 nitrogen and oxygen atoms in total. The summed E-state index contributed by atoms with van der Waals surface area (Å²) in [5.74, 6) is 0.695. The number of aryl methyl sites for hydroxylation is 1. The fourth-order valence-electron chi connectivity index (χ4n) is 1.60. The Morgan fingerprint density at radius 3 is 2.94 bits per heavy atom. The molecule has 1 rings (SSSR count). The second-order valence-corrected chi connectivity index (χ2v) is 4.04. The van der Waals surface area contributed by atoms with Crippen LogP contribution in [-0.2, 0) is 13.0 Å². The quantitative estimate of drug-likeness (QED) is 0.556. The van der Waals surface area contributed by atoms with Gasteiger partial charge in [0.25, 0.3) is 0 Å². The number of aromatic nitrogens is 1. The molecule has 0 atom stereocenters. The molecule has 1 aromatic heterocycles. The molecule has 1 aromatic rings. The van der Waals surface area contributed by atoms with E-state index in [2.05, 4.69) is 24.6 Å². The highest BCUT2D eigenvalue weighted by Crippen LogP contribution is 2.14. The van der Waals surface area contributed by atoms with Gasteiger partial charge in [-0.1, -0.05) is 19.4 Å². The van der Waals surface area contributed by atoms with Crippen LogP contribution in [0, 0.1) is 0 Å². The Morgan fingerprint density at radius 1 is 1.47 bits per heavy atom. The van der Waals surface area contributed by atoms with Gasteiger partial charge in [0.05, 0.1) is 6.61 Å². The summed E-state index contributed by atoms with van der Waals surface area (Å²) in [6, 6.07) is 3.98. The molecule has 2 N–H and O–H groups in total. The van der Waals surface area contributed by atoms with E-state index in [1.54, 1.807) is 0 Å². The summed E-state index contributed by atoms with van der Waals surface area (Å²) in [5.41, 5.74) is 7.81. The molecule has 0 unspecified atom stereocenters. The second kappa shape index (κ2) is 7.85. The lowest BCUT2D eigenvalue weighted by molar-refractivity contribution is 0.299. The molecule has 0 saturated heterocycles. The third kappa shape index (κ3) is 5.00. The topological polar surface area (TPSA) is 48.1 Å². The SMILES string of the molecule is C=CCCCOc1cc(CN)cc(CCC)n1. The van der Waals surface area contributed by atoms with E-state index >= 15 is 0 Å². The molecule has 0 spiro atoms. The number of unbranched alkanes of at least 4 members (excludes halogenated alkanes) is 1. The first-order valence-electron chi connectivity index (χ1n) is 6.23. The Hall–Kier alpha value is -1.35. The minimum absolute atomic E-state index is 0.530. The van der Waals surface area contributed by atoms with Crippen LogP contribution >= 0.6 is 0 Å². The van der Waals surface area contributed by atoms with Crippen molar-refractivity contribution in [1.29, 1.82) is 0 Å². The molecule has 0 amide bonds. The van der Waals surface area contributed by atoms with Gasteiger partial charge in [0.15, 0.2) is 0 Å². The van der Waals surface area contributed by atoms with Gasteiger partial charge in [0.2, 0.25) is 5.88 Å². The van der Waals surface area contributed by atoms with Crippen molar-refractivity contribution >= 4 is 0 Å². The van der Waals surface area contributed by atoms with Crippen LogP contribution in [0.4, 0.5) is 0 Å². The van der Waals surface area contributed by atoms with Gasteiger partial charge in [-0.3, -0.25) is 0 Å². The van der Waals surface area contributed by atoms with Gasteiger partial charge in [-0.05, 0) is 30.9 Å². The highest BCUT2D eigenvalue weighted by molar-refractivity contribution is 5.25. The van der Waals surface area contributed by atoms with Crippen LogP contribution in [0.1, 0.15) is 37.4 Å². The minimum Gasteiger partial charge on any atom is -0.478 e. The van der Waals surface area contributed by atoms with Crippen molar-refractivity contribution in [3.05, 3.63) is 36.0 Å². The van der Waals surface area contributed by atoms with E-state index in [4.69, 9.17) is 10.5 Å². The van der Waals surface area contributed by atoms with E-state index in [-0.39, 0.29) is 0 Å². The first-order chi connectivity index (χ1) is 8.30. The van der Waals surface area contributed by atoms with Gasteiger partial charge < -0.3 is 10.5 Å². The number of ether oxygens (including phenoxy) is 1. The third-order valence-corrected chi connectivity index (χ3v) is 2.46. The molecule has 0 aromatic carbocycles. The first kappa shape index (κ1) is 13.7. The number of nitrogens with two attached hydrogens (primary N) is 1. The number of allylic oxidation sites excluding steroid dienone is 1. The van der Waals surface area contributed by atoms with Crippen LogP contribution < -0.4 is 10.5 Å². The van der Waals surface area contributed by atoms with Gasteiger partial charge in [-0.15, -0.1) is 6.58 Å². The standard InChI is InChI=1S/C14H22N2O/c1-3-5-6-8-17-14-10-12(11-15)9-13(16-14)7-4-2/h3,9-10H,1,4-8,11,15H2,2H3. The molecular formula is C14H22N2O. The highest BCUT2D eigenvalue weighted by Gasteiger charge is 2.02. The number of hydrogen-bond donors (Lipinski definition) is 1. The molecule has 0 aliphatic carbocycles. The summed E-state index contributed by atoms with van der Waals surface area (Å²) < 4.78 is 5.62. The van der Waals surface area contributed by atoms with Gasteiger partial charge in [-0.25, -0.2) is 4.98 Å². The zero-order valence-electron chi connectivity index (χ0n) is 10.6. The van der Waals surface area contributed by atoms with Crippen LogP contribution in [0.5, 0.6) is 5.88 Å². The van der Waals surface area contributed by atoms with Gasteiger partial charge >= 0.3 is 0 Å². The lowest BCUT2D eigenvalue weighted by Gasteiger charge is -2.08. The lowest BCUT2D eigenvalue weighted by Crippen LogP contribution is -2.04. The Bertz CT molecular complexity index is 350. The fraction of sp³-hybridized carbons (Fsp3) is 0.500. The Labute approximate surface area is 104 Å². The number of pyridine rings is 1. The smallest absolute Gasteiger partial charge is 0.213 e. The summed E-state index contributed by atoms with van der Waals surface area (Å²) in [7, 11) is 0. The minimum atomic E-state index is 0.530. The second-order valence-electron chi connectivity index (χ2n) is 4.04. The molecule has 0 radical (unpaired) electrons. The molecule has 94 valence electrons. The molecule has 0 aliphatic heterocycles. The van der Waals surface area contributed by atoms with Crippen LogP contribution in [0.3, 0.4) is 0 Å². The Balaban J connectivity index is 2.62. The molecule has 17 heavy (non-hydrogen) atoms. The number of rotatable bonds is 8. The number of hydrogen-bond acceptors (Lipinski definition) is 3. The maximum Gasteiger partial charge on any atom is 0.213 e. The molecule has 0 saturated carbocycles. The maximum absolute atomic E-state index is 5.66. The normalized spacial score (nSPS) is 10.2. The first-order valence-corrected chi connectivity index (χ1v) is 6.23. The van der Waals surface area contributed by atoms with E-state index in [1.807, 2.05) is 12.1 Å². The number of nitrogens with zero attached hydrogens (tertiary/aromatic N) is 1. The van der Waals surface area contributed by atoms with Gasteiger partial charge in [0.1, 0.15) is 0 Å². The van der Waals surface area contributed by atoms with E-state index < -0.39 is 0 Å². The lowest BCUT2D eigenvalue weighted by atomic mass is 10.1. The summed E-state index contributed by atoms with van der Waals surface area (Å²) in [6.45, 7) is 7.03. The van der Waals surface area contributed by atoms with Crippen LogP contribution in [0.15, 0.2) is 24.8 Å². The summed E-state index contributed by atoms with van der Waals surface area (Å²) in [4.78, 5) is 4.47. The summed E-state index contributed by atoms with van der Waals surface area (Å²) in [6.07, 6.45) is 5.89. The maximum atomic E-state index is 5.66. The summed E-state index contributed by atoms with van der Waals surface area (Å²) in [5, 5.41) is 0. The molecular weight excluding hydrogens is 212 g/mol. The van der Waals surface area contributed by atoms with E-state index in [0.29, 0.717) is 19.0 Å². The van der Waals surface area contributed by atoms with E-state index in [1.165, 1.54) is 0 Å². The van der Waals surface area contributed by atoms with Crippen molar-refractivity contribution in [2.45, 2.75) is 39.2 Å². The third-order valence-electron chi connectivity index (χ3n) is 2.46. The highest BCUT2D eigenvalue weighted by atomic mass is 16.5. The molecule has 0 aliphatic rings. The average Bonchev–Trinajstić information content (AvgIpc) is 2.35. The van der Waals surface area contributed by atoms with Crippen molar-refractivity contribution in [3.8, 4) is 5.88 Å². The molecule has 1 heterocycles. The van der Waals surface area contributed by atoms with Crippen molar-refractivity contribution in [3.63, 3.8) is 0 Å². The fourth-order valence-corrected chi connectivity index (χ4v) is 1.60. The summed E-state index contributed by atoms with van der Waals surface area (Å²) >= 11 is 0. The predicted molar refractivity (Wildman–Crippen MR) is 71.0 cm³/mol. The zero-order chi connectivity index (χ0) is 12.5.